The molecule has 7 heteroatoms. The van der Waals surface area contributed by atoms with Gasteiger partial charge in [0.05, 0.1) is 11.0 Å². The number of aryl methyl sites for hydroxylation is 1. The normalized spacial score (nSPS) is 13.0. The molecule has 0 aliphatic carbocycles. The summed E-state index contributed by atoms with van der Waals surface area (Å²) in [6, 6.07) is 4.34. The van der Waals surface area contributed by atoms with Crippen molar-refractivity contribution < 1.29 is 17.9 Å². The third kappa shape index (κ3) is 4.92. The quantitative estimate of drug-likeness (QED) is 0.829. The van der Waals surface area contributed by atoms with Gasteiger partial charge in [-0.1, -0.05) is 0 Å². The van der Waals surface area contributed by atoms with Crippen LogP contribution in [0.25, 0.3) is 0 Å². The first-order valence-corrected chi connectivity index (χ1v) is 7.74. The van der Waals surface area contributed by atoms with E-state index in [9.17, 15) is 13.2 Å². The van der Waals surface area contributed by atoms with E-state index in [4.69, 9.17) is 9.88 Å². The highest BCUT2D eigenvalue weighted by Crippen LogP contribution is 2.19. The summed E-state index contributed by atoms with van der Waals surface area (Å²) in [6.07, 6.45) is 0.980. The molecule has 0 aromatic heterocycles. The minimum Gasteiger partial charge on any atom is -0.382 e. The Labute approximate surface area is 119 Å². The molecule has 1 amide bonds. The van der Waals surface area contributed by atoms with Crippen molar-refractivity contribution in [1.29, 1.82) is 0 Å². The molecule has 6 nitrogen and oxygen atoms in total. The van der Waals surface area contributed by atoms with Crippen LogP contribution in [-0.4, -0.2) is 27.5 Å². The minimum absolute atomic E-state index is 0.0200. The van der Waals surface area contributed by atoms with E-state index < -0.39 is 10.0 Å². The second kappa shape index (κ2) is 6.83. The molecule has 0 bridgehead atoms. The molecule has 0 heterocycles. The number of carbonyl (C=O) groups is 1. The van der Waals surface area contributed by atoms with Gasteiger partial charge in [-0.05, 0) is 44.0 Å². The largest absolute Gasteiger partial charge is 0.382 e. The smallest absolute Gasteiger partial charge is 0.238 e. The Morgan fingerprint density at radius 2 is 2.10 bits per heavy atom. The number of ether oxygens (including phenoxy) is 1. The number of anilines is 1. The lowest BCUT2D eigenvalue weighted by molar-refractivity contribution is -0.116. The highest BCUT2D eigenvalue weighted by atomic mass is 32.2. The van der Waals surface area contributed by atoms with Crippen molar-refractivity contribution >= 4 is 21.6 Å². The molecule has 1 rings (SSSR count). The summed E-state index contributed by atoms with van der Waals surface area (Å²) >= 11 is 0. The predicted molar refractivity (Wildman–Crippen MR) is 76.9 cm³/mol. The van der Waals surface area contributed by atoms with E-state index in [1.807, 2.05) is 6.92 Å². The van der Waals surface area contributed by atoms with Gasteiger partial charge in [0, 0.05) is 19.2 Å². The first-order valence-electron chi connectivity index (χ1n) is 6.20. The molecule has 0 aliphatic heterocycles. The highest BCUT2D eigenvalue weighted by Gasteiger charge is 2.11. The standard InChI is InChI=1S/C13H20N2O4S/c1-9-8-11(20(14,17)18)5-6-12(9)15-13(16)7-4-10(2)19-3/h5-6,8,10H,4,7H2,1-3H3,(H,15,16)(H2,14,17,18). The molecule has 0 saturated heterocycles. The molecule has 1 unspecified atom stereocenters. The third-order valence-electron chi connectivity index (χ3n) is 2.98. The number of amides is 1. The molecule has 1 aromatic rings. The Hall–Kier alpha value is -1.44. The first-order chi connectivity index (χ1) is 9.24. The number of primary sulfonamides is 1. The lowest BCUT2D eigenvalue weighted by Crippen LogP contribution is -2.16. The van der Waals surface area contributed by atoms with Gasteiger partial charge >= 0.3 is 0 Å². The molecule has 112 valence electrons. The summed E-state index contributed by atoms with van der Waals surface area (Å²) in [7, 11) is -2.13. The molecule has 0 radical (unpaired) electrons. The number of nitrogens with two attached hydrogens (primary N) is 1. The summed E-state index contributed by atoms with van der Waals surface area (Å²) in [4.78, 5) is 11.8. The zero-order chi connectivity index (χ0) is 15.3. The van der Waals surface area contributed by atoms with E-state index in [2.05, 4.69) is 5.32 Å². The average Bonchev–Trinajstić information content (AvgIpc) is 2.37. The van der Waals surface area contributed by atoms with E-state index in [0.717, 1.165) is 0 Å². The lowest BCUT2D eigenvalue weighted by atomic mass is 10.1. The second-order valence-corrected chi connectivity index (χ2v) is 6.22. The third-order valence-corrected chi connectivity index (χ3v) is 3.89. The number of methoxy groups -OCH3 is 1. The monoisotopic (exact) mass is 300 g/mol. The molecule has 0 spiro atoms. The number of benzene rings is 1. The van der Waals surface area contributed by atoms with Crippen LogP contribution in [0.1, 0.15) is 25.3 Å². The molecule has 0 fully saturated rings. The maximum Gasteiger partial charge on any atom is 0.238 e. The molecular formula is C13H20N2O4S. The van der Waals surface area contributed by atoms with Crippen LogP contribution >= 0.6 is 0 Å². The van der Waals surface area contributed by atoms with Crippen LogP contribution in [0.2, 0.25) is 0 Å². The summed E-state index contributed by atoms with van der Waals surface area (Å²) in [5, 5.41) is 7.78. The van der Waals surface area contributed by atoms with Gasteiger partial charge in [-0.2, -0.15) is 0 Å². The van der Waals surface area contributed by atoms with Crippen molar-refractivity contribution in [2.45, 2.75) is 37.7 Å². The molecule has 0 aliphatic rings. The topological polar surface area (TPSA) is 98.5 Å². The van der Waals surface area contributed by atoms with Gasteiger partial charge in [-0.15, -0.1) is 0 Å². The van der Waals surface area contributed by atoms with Gasteiger partial charge in [0.15, 0.2) is 0 Å². The zero-order valence-electron chi connectivity index (χ0n) is 11.8. The summed E-state index contributed by atoms with van der Waals surface area (Å²) in [6.45, 7) is 3.60. The minimum atomic E-state index is -3.72. The van der Waals surface area contributed by atoms with Gasteiger partial charge in [0.1, 0.15) is 0 Å². The van der Waals surface area contributed by atoms with Crippen LogP contribution in [0.15, 0.2) is 23.1 Å². The second-order valence-electron chi connectivity index (χ2n) is 4.65. The van der Waals surface area contributed by atoms with Crippen molar-refractivity contribution in [3.8, 4) is 0 Å². The number of nitrogens with one attached hydrogen (secondary N) is 1. The van der Waals surface area contributed by atoms with E-state index in [0.29, 0.717) is 24.1 Å². The summed E-state index contributed by atoms with van der Waals surface area (Å²) < 4.78 is 27.5. The number of carbonyl (C=O) groups excluding carboxylic acids is 1. The fraction of sp³-hybridized carbons (Fsp3) is 0.462. The fourth-order valence-corrected chi connectivity index (χ4v) is 2.22. The van der Waals surface area contributed by atoms with Crippen LogP contribution in [0.4, 0.5) is 5.69 Å². The Balaban J connectivity index is 2.72. The number of hydrogen-bond acceptors (Lipinski definition) is 4. The van der Waals surface area contributed by atoms with Crippen molar-refractivity contribution in [2.24, 2.45) is 5.14 Å². The van der Waals surface area contributed by atoms with Crippen LogP contribution < -0.4 is 10.5 Å². The fourth-order valence-electron chi connectivity index (χ4n) is 1.62. The van der Waals surface area contributed by atoms with Crippen molar-refractivity contribution in [1.82, 2.24) is 0 Å². The van der Waals surface area contributed by atoms with Gasteiger partial charge in [0.2, 0.25) is 15.9 Å². The van der Waals surface area contributed by atoms with Crippen molar-refractivity contribution in [2.75, 3.05) is 12.4 Å². The molecule has 1 atom stereocenters. The lowest BCUT2D eigenvalue weighted by Gasteiger charge is -2.11. The van der Waals surface area contributed by atoms with Gasteiger partial charge in [0.25, 0.3) is 0 Å². The Morgan fingerprint density at radius 3 is 2.60 bits per heavy atom. The van der Waals surface area contributed by atoms with E-state index >= 15 is 0 Å². The highest BCUT2D eigenvalue weighted by molar-refractivity contribution is 7.89. The van der Waals surface area contributed by atoms with Gasteiger partial charge in [-0.25, -0.2) is 13.6 Å². The van der Waals surface area contributed by atoms with Crippen LogP contribution in [-0.2, 0) is 19.6 Å². The van der Waals surface area contributed by atoms with Crippen LogP contribution in [0.5, 0.6) is 0 Å². The van der Waals surface area contributed by atoms with Crippen LogP contribution in [0, 0.1) is 6.92 Å². The maximum atomic E-state index is 11.8. The summed E-state index contributed by atoms with van der Waals surface area (Å²) in [5.74, 6) is -0.139. The first kappa shape index (κ1) is 16.6. The number of sulfonamides is 1. The van der Waals surface area contributed by atoms with Crippen molar-refractivity contribution in [3.05, 3.63) is 23.8 Å². The Bertz CT molecular complexity index is 584. The van der Waals surface area contributed by atoms with E-state index in [1.54, 1.807) is 14.0 Å². The Morgan fingerprint density at radius 1 is 1.45 bits per heavy atom. The molecular weight excluding hydrogens is 280 g/mol. The molecule has 0 saturated carbocycles. The maximum absolute atomic E-state index is 11.8. The molecule has 1 aromatic carbocycles. The molecule has 3 N–H and O–H groups in total. The van der Waals surface area contributed by atoms with Crippen LogP contribution in [0.3, 0.4) is 0 Å². The SMILES string of the molecule is COC(C)CCC(=O)Nc1ccc(S(N)(=O)=O)cc1C. The van der Waals surface area contributed by atoms with E-state index in [-0.39, 0.29) is 16.9 Å². The van der Waals surface area contributed by atoms with Gasteiger partial charge < -0.3 is 10.1 Å². The van der Waals surface area contributed by atoms with Gasteiger partial charge in [-0.3, -0.25) is 4.79 Å². The Kier molecular flexibility index (Phi) is 5.67. The van der Waals surface area contributed by atoms with E-state index in [1.165, 1.54) is 18.2 Å². The average molecular weight is 300 g/mol. The van der Waals surface area contributed by atoms with Crippen molar-refractivity contribution in [3.63, 3.8) is 0 Å². The molecule has 20 heavy (non-hydrogen) atoms. The number of rotatable bonds is 6. The number of hydrogen-bond donors (Lipinski definition) is 2. The summed E-state index contributed by atoms with van der Waals surface area (Å²) in [5.41, 5.74) is 1.22. The zero-order valence-corrected chi connectivity index (χ0v) is 12.7. The predicted octanol–water partition coefficient (Wildman–Crippen LogP) is 1.40.